The van der Waals surface area contributed by atoms with Gasteiger partial charge in [-0.05, 0) is 50.2 Å². The molecule has 0 fully saturated rings. The SMILES string of the molecule is O=Cc1ccc(/C=C\c2cc(-c3ccccc3)c3ccccc3c2/C=C\c2ccc(C=O)cc2)cc1. The van der Waals surface area contributed by atoms with E-state index in [4.69, 9.17) is 0 Å². The van der Waals surface area contributed by atoms with E-state index in [1.807, 2.05) is 54.6 Å². The Kier molecular flexibility index (Phi) is 6.77. The molecule has 0 aliphatic rings. The van der Waals surface area contributed by atoms with Crippen LogP contribution in [0, 0.1) is 0 Å². The highest BCUT2D eigenvalue weighted by Crippen LogP contribution is 2.35. The van der Waals surface area contributed by atoms with E-state index in [1.165, 1.54) is 16.5 Å². The Balaban J connectivity index is 1.67. The number of benzene rings is 5. The molecule has 2 nitrogen and oxygen atoms in total. The molecular formula is C34H24O2. The summed E-state index contributed by atoms with van der Waals surface area (Å²) in [5.74, 6) is 0. The second kappa shape index (κ2) is 10.6. The van der Waals surface area contributed by atoms with Crippen LogP contribution < -0.4 is 0 Å². The van der Waals surface area contributed by atoms with Crippen molar-refractivity contribution >= 4 is 47.6 Å². The zero-order valence-electron chi connectivity index (χ0n) is 19.7. The Morgan fingerprint density at radius 3 is 1.53 bits per heavy atom. The van der Waals surface area contributed by atoms with Crippen LogP contribution in [0.1, 0.15) is 43.0 Å². The minimum atomic E-state index is 0.661. The number of carbonyl (C=O) groups excluding carboxylic acids is 2. The van der Waals surface area contributed by atoms with E-state index in [1.54, 1.807) is 0 Å². The lowest BCUT2D eigenvalue weighted by atomic mass is 9.90. The molecule has 0 aliphatic heterocycles. The van der Waals surface area contributed by atoms with Gasteiger partial charge in [0.1, 0.15) is 12.6 Å². The maximum absolute atomic E-state index is 11.0. The van der Waals surface area contributed by atoms with Crippen LogP contribution in [-0.4, -0.2) is 12.6 Å². The van der Waals surface area contributed by atoms with Gasteiger partial charge in [-0.1, -0.05) is 127 Å². The third-order valence-electron chi connectivity index (χ3n) is 6.25. The maximum Gasteiger partial charge on any atom is 0.150 e. The molecule has 36 heavy (non-hydrogen) atoms. The van der Waals surface area contributed by atoms with Crippen LogP contribution in [0.15, 0.2) is 109 Å². The van der Waals surface area contributed by atoms with Gasteiger partial charge in [-0.25, -0.2) is 0 Å². The summed E-state index contributed by atoms with van der Waals surface area (Å²) in [4.78, 5) is 22.0. The summed E-state index contributed by atoms with van der Waals surface area (Å²) in [6.45, 7) is 0. The molecule has 5 rings (SSSR count). The molecule has 0 atom stereocenters. The Morgan fingerprint density at radius 2 is 0.944 bits per heavy atom. The fourth-order valence-electron chi connectivity index (χ4n) is 4.34. The predicted molar refractivity (Wildman–Crippen MR) is 151 cm³/mol. The van der Waals surface area contributed by atoms with E-state index < -0.39 is 0 Å². The number of rotatable bonds is 7. The molecule has 0 spiro atoms. The standard InChI is InChI=1S/C34H24O2/c35-23-27-14-10-25(11-15-27)18-20-30-22-34(29-6-2-1-3-7-29)33-9-5-4-8-32(33)31(30)21-19-26-12-16-28(24-36)17-13-26/h1-24H/b20-18-,21-19-. The van der Waals surface area contributed by atoms with Crippen molar-refractivity contribution in [3.63, 3.8) is 0 Å². The van der Waals surface area contributed by atoms with Crippen molar-refractivity contribution < 1.29 is 9.59 Å². The fraction of sp³-hybridized carbons (Fsp3) is 0. The molecule has 0 bridgehead atoms. The largest absolute Gasteiger partial charge is 0.298 e. The number of carbonyl (C=O) groups is 2. The molecule has 2 heteroatoms. The van der Waals surface area contributed by atoms with Crippen molar-refractivity contribution in [3.8, 4) is 11.1 Å². The summed E-state index contributed by atoms with van der Waals surface area (Å²) in [5.41, 5.74) is 7.92. The van der Waals surface area contributed by atoms with Crippen LogP contribution in [0.5, 0.6) is 0 Å². The lowest BCUT2D eigenvalue weighted by molar-refractivity contribution is 0.111. The number of fused-ring (bicyclic) bond motifs is 1. The van der Waals surface area contributed by atoms with Crippen LogP contribution in [0.2, 0.25) is 0 Å². The van der Waals surface area contributed by atoms with Gasteiger partial charge in [0.25, 0.3) is 0 Å². The Morgan fingerprint density at radius 1 is 0.444 bits per heavy atom. The molecule has 5 aromatic carbocycles. The molecule has 0 heterocycles. The summed E-state index contributed by atoms with van der Waals surface area (Å²) in [6, 6.07) is 36.2. The molecule has 0 aromatic heterocycles. The normalized spacial score (nSPS) is 11.3. The van der Waals surface area contributed by atoms with Gasteiger partial charge in [0.15, 0.2) is 0 Å². The summed E-state index contributed by atoms with van der Waals surface area (Å²) in [6.07, 6.45) is 10.1. The van der Waals surface area contributed by atoms with Crippen molar-refractivity contribution in [2.45, 2.75) is 0 Å². The second-order valence-corrected chi connectivity index (χ2v) is 8.57. The third kappa shape index (κ3) is 4.98. The van der Waals surface area contributed by atoms with E-state index in [0.29, 0.717) is 11.1 Å². The third-order valence-corrected chi connectivity index (χ3v) is 6.25. The average molecular weight is 465 g/mol. The predicted octanol–water partition coefficient (Wildman–Crippen LogP) is 8.47. The first-order valence-electron chi connectivity index (χ1n) is 11.8. The minimum absolute atomic E-state index is 0.661. The number of hydrogen-bond acceptors (Lipinski definition) is 2. The number of hydrogen-bond donors (Lipinski definition) is 0. The number of aldehydes is 2. The molecule has 0 radical (unpaired) electrons. The lowest BCUT2D eigenvalue weighted by Gasteiger charge is -2.14. The molecule has 0 aliphatic carbocycles. The Hall–Kier alpha value is -4.82. The van der Waals surface area contributed by atoms with Crippen LogP contribution in [-0.2, 0) is 0 Å². The van der Waals surface area contributed by atoms with Crippen LogP contribution >= 0.6 is 0 Å². The van der Waals surface area contributed by atoms with E-state index in [-0.39, 0.29) is 0 Å². The summed E-state index contributed by atoms with van der Waals surface area (Å²) in [5, 5.41) is 2.35. The van der Waals surface area contributed by atoms with Gasteiger partial charge in [0.05, 0.1) is 0 Å². The van der Waals surface area contributed by atoms with Crippen molar-refractivity contribution in [2.75, 3.05) is 0 Å². The quantitative estimate of drug-likeness (QED) is 0.179. The molecule has 172 valence electrons. The summed E-state index contributed by atoms with van der Waals surface area (Å²) in [7, 11) is 0. The first-order valence-corrected chi connectivity index (χ1v) is 11.8. The first kappa shape index (κ1) is 22.9. The zero-order chi connectivity index (χ0) is 24.7. The molecular weight excluding hydrogens is 440 g/mol. The second-order valence-electron chi connectivity index (χ2n) is 8.57. The van der Waals surface area contributed by atoms with Gasteiger partial charge >= 0.3 is 0 Å². The Bertz CT molecular complexity index is 1570. The summed E-state index contributed by atoms with van der Waals surface area (Å²) < 4.78 is 0. The van der Waals surface area contributed by atoms with E-state index in [0.717, 1.165) is 40.2 Å². The Labute approximate surface area is 210 Å². The summed E-state index contributed by atoms with van der Waals surface area (Å²) >= 11 is 0. The highest BCUT2D eigenvalue weighted by molar-refractivity contribution is 6.05. The zero-order valence-corrected chi connectivity index (χ0v) is 19.7. The highest BCUT2D eigenvalue weighted by atomic mass is 16.1. The lowest BCUT2D eigenvalue weighted by Crippen LogP contribution is -1.90. The smallest absolute Gasteiger partial charge is 0.150 e. The highest BCUT2D eigenvalue weighted by Gasteiger charge is 2.10. The van der Waals surface area contributed by atoms with Gasteiger partial charge in [-0.3, -0.25) is 9.59 Å². The van der Waals surface area contributed by atoms with E-state index in [9.17, 15) is 9.59 Å². The topological polar surface area (TPSA) is 34.1 Å². The van der Waals surface area contributed by atoms with Gasteiger partial charge in [0, 0.05) is 11.1 Å². The van der Waals surface area contributed by atoms with Crippen molar-refractivity contribution in [2.24, 2.45) is 0 Å². The van der Waals surface area contributed by atoms with Crippen LogP contribution in [0.4, 0.5) is 0 Å². The van der Waals surface area contributed by atoms with Crippen LogP contribution in [0.25, 0.3) is 46.2 Å². The minimum Gasteiger partial charge on any atom is -0.298 e. The van der Waals surface area contributed by atoms with E-state index in [2.05, 4.69) is 78.9 Å². The van der Waals surface area contributed by atoms with Crippen molar-refractivity contribution in [3.05, 3.63) is 143 Å². The molecule has 5 aromatic rings. The van der Waals surface area contributed by atoms with Gasteiger partial charge < -0.3 is 0 Å². The molecule has 0 saturated carbocycles. The maximum atomic E-state index is 11.0. The average Bonchev–Trinajstić information content (AvgIpc) is 2.96. The van der Waals surface area contributed by atoms with E-state index >= 15 is 0 Å². The first-order chi connectivity index (χ1) is 17.7. The molecule has 0 unspecified atom stereocenters. The van der Waals surface area contributed by atoms with Gasteiger partial charge in [-0.15, -0.1) is 0 Å². The van der Waals surface area contributed by atoms with Crippen molar-refractivity contribution in [1.82, 2.24) is 0 Å². The molecule has 0 amide bonds. The van der Waals surface area contributed by atoms with Gasteiger partial charge in [-0.2, -0.15) is 0 Å². The fourth-order valence-corrected chi connectivity index (χ4v) is 4.34. The van der Waals surface area contributed by atoms with Crippen LogP contribution in [0.3, 0.4) is 0 Å². The molecule has 0 saturated heterocycles. The molecule has 0 N–H and O–H groups in total. The van der Waals surface area contributed by atoms with Gasteiger partial charge in [0.2, 0.25) is 0 Å². The monoisotopic (exact) mass is 464 g/mol. The van der Waals surface area contributed by atoms with Crippen molar-refractivity contribution in [1.29, 1.82) is 0 Å².